The number of nitrogens with one attached hydrogen (secondary N) is 1. The molecule has 0 bridgehead atoms. The van der Waals surface area contributed by atoms with Crippen LogP contribution >= 0.6 is 0 Å². The number of ether oxygens (including phenoxy) is 1. The molecule has 1 rings (SSSR count). The van der Waals surface area contributed by atoms with Crippen LogP contribution in [0.2, 0.25) is 0 Å². The highest BCUT2D eigenvalue weighted by atomic mass is 16.6. The zero-order valence-corrected chi connectivity index (χ0v) is 9.95. The number of carbonyl (C=O) groups is 1. The van der Waals surface area contributed by atoms with Crippen LogP contribution in [0.5, 0.6) is 0 Å². The smallest absolute Gasteiger partial charge is 0.409 e. The van der Waals surface area contributed by atoms with Gasteiger partial charge >= 0.3 is 6.09 Å². The molecule has 0 spiro atoms. The van der Waals surface area contributed by atoms with Crippen LogP contribution in [0.4, 0.5) is 4.79 Å². The molecular formula is C11H22N2O2. The summed E-state index contributed by atoms with van der Waals surface area (Å²) >= 11 is 0. The average molecular weight is 214 g/mol. The molecule has 1 fully saturated rings. The molecule has 88 valence electrons. The van der Waals surface area contributed by atoms with Crippen LogP contribution in [0.25, 0.3) is 0 Å². The zero-order valence-electron chi connectivity index (χ0n) is 9.95. The highest BCUT2D eigenvalue weighted by Gasteiger charge is 2.26. The Morgan fingerprint density at radius 3 is 2.93 bits per heavy atom. The van der Waals surface area contributed by atoms with Crippen molar-refractivity contribution in [3.05, 3.63) is 0 Å². The molecule has 0 saturated carbocycles. The molecular weight excluding hydrogens is 192 g/mol. The normalized spacial score (nSPS) is 22.0. The van der Waals surface area contributed by atoms with Crippen molar-refractivity contribution in [2.75, 3.05) is 33.3 Å². The lowest BCUT2D eigenvalue weighted by atomic mass is 10.1. The summed E-state index contributed by atoms with van der Waals surface area (Å²) < 4.78 is 5.13. The molecule has 0 aliphatic carbocycles. The molecule has 1 amide bonds. The second kappa shape index (κ2) is 5.95. The van der Waals surface area contributed by atoms with E-state index in [-0.39, 0.29) is 6.09 Å². The number of rotatable bonds is 5. The summed E-state index contributed by atoms with van der Waals surface area (Å²) in [5.74, 6) is 1.06. The molecule has 4 nitrogen and oxygen atoms in total. The third kappa shape index (κ3) is 4.08. The summed E-state index contributed by atoms with van der Waals surface area (Å²) in [6, 6.07) is 0. The molecule has 0 aromatic carbocycles. The van der Waals surface area contributed by atoms with Gasteiger partial charge in [-0.1, -0.05) is 13.8 Å². The second-order valence-corrected chi connectivity index (χ2v) is 4.63. The maximum absolute atomic E-state index is 11.4. The van der Waals surface area contributed by atoms with Gasteiger partial charge in [-0.25, -0.2) is 4.79 Å². The number of cyclic esters (lactones) is 1. The first-order chi connectivity index (χ1) is 7.13. The fourth-order valence-corrected chi connectivity index (χ4v) is 1.73. The highest BCUT2D eigenvalue weighted by molar-refractivity contribution is 5.68. The summed E-state index contributed by atoms with van der Waals surface area (Å²) in [4.78, 5) is 13.3. The van der Waals surface area contributed by atoms with E-state index in [2.05, 4.69) is 19.2 Å². The molecule has 0 aromatic heterocycles. The van der Waals surface area contributed by atoms with Crippen LogP contribution in [0.15, 0.2) is 0 Å². The number of hydrogen-bond acceptors (Lipinski definition) is 3. The lowest BCUT2D eigenvalue weighted by molar-refractivity contribution is 0.0422. The lowest BCUT2D eigenvalue weighted by Gasteiger charge is -2.32. The minimum Gasteiger partial charge on any atom is -0.449 e. The van der Waals surface area contributed by atoms with Crippen molar-refractivity contribution in [2.24, 2.45) is 11.8 Å². The monoisotopic (exact) mass is 214 g/mol. The molecule has 1 N–H and O–H groups in total. The summed E-state index contributed by atoms with van der Waals surface area (Å²) in [6.07, 6.45) is 0.893. The average Bonchev–Trinajstić information content (AvgIpc) is 2.19. The van der Waals surface area contributed by atoms with Gasteiger partial charge < -0.3 is 15.0 Å². The third-order valence-electron chi connectivity index (χ3n) is 2.65. The van der Waals surface area contributed by atoms with Gasteiger partial charge in [-0.2, -0.15) is 0 Å². The van der Waals surface area contributed by atoms with Crippen molar-refractivity contribution in [3.8, 4) is 0 Å². The van der Waals surface area contributed by atoms with Crippen LogP contribution in [-0.2, 0) is 4.74 Å². The van der Waals surface area contributed by atoms with Gasteiger partial charge in [-0.05, 0) is 19.4 Å². The van der Waals surface area contributed by atoms with Gasteiger partial charge in [0.1, 0.15) is 0 Å². The topological polar surface area (TPSA) is 41.6 Å². The first-order valence-corrected chi connectivity index (χ1v) is 5.69. The first-order valence-electron chi connectivity index (χ1n) is 5.69. The summed E-state index contributed by atoms with van der Waals surface area (Å²) in [7, 11) is 1.93. The van der Waals surface area contributed by atoms with E-state index in [0.717, 1.165) is 26.1 Å². The second-order valence-electron chi connectivity index (χ2n) is 4.63. The number of hydrogen-bond donors (Lipinski definition) is 1. The van der Waals surface area contributed by atoms with Gasteiger partial charge in [0.25, 0.3) is 0 Å². The molecule has 1 aliphatic rings. The quantitative estimate of drug-likeness (QED) is 0.750. The zero-order chi connectivity index (χ0) is 11.3. The number of amides is 1. The van der Waals surface area contributed by atoms with E-state index in [4.69, 9.17) is 4.74 Å². The minimum atomic E-state index is -0.150. The highest BCUT2D eigenvalue weighted by Crippen LogP contribution is 2.12. The SMILES string of the molecule is CNCC1COC(=O)N(CCC(C)C)C1. The van der Waals surface area contributed by atoms with Crippen LogP contribution in [0.3, 0.4) is 0 Å². The number of carbonyl (C=O) groups excluding carboxylic acids is 1. The van der Waals surface area contributed by atoms with Gasteiger partial charge in [0.15, 0.2) is 0 Å². The molecule has 1 atom stereocenters. The Kier molecular flexibility index (Phi) is 4.88. The third-order valence-corrected chi connectivity index (χ3v) is 2.65. The van der Waals surface area contributed by atoms with Crippen molar-refractivity contribution in [1.82, 2.24) is 10.2 Å². The Bertz CT molecular complexity index is 207. The fraction of sp³-hybridized carbons (Fsp3) is 0.909. The first kappa shape index (κ1) is 12.3. The maximum atomic E-state index is 11.4. The van der Waals surface area contributed by atoms with E-state index < -0.39 is 0 Å². The van der Waals surface area contributed by atoms with E-state index in [9.17, 15) is 4.79 Å². The van der Waals surface area contributed by atoms with E-state index in [1.165, 1.54) is 0 Å². The lowest BCUT2D eigenvalue weighted by Crippen LogP contribution is -2.46. The van der Waals surface area contributed by atoms with Gasteiger partial charge in [-0.3, -0.25) is 0 Å². The van der Waals surface area contributed by atoms with E-state index in [1.54, 1.807) is 0 Å². The number of nitrogens with zero attached hydrogens (tertiary/aromatic N) is 1. The summed E-state index contributed by atoms with van der Waals surface area (Å²) in [5.41, 5.74) is 0. The van der Waals surface area contributed by atoms with Gasteiger partial charge in [0.05, 0.1) is 6.61 Å². The fourth-order valence-electron chi connectivity index (χ4n) is 1.73. The molecule has 1 aliphatic heterocycles. The van der Waals surface area contributed by atoms with Crippen LogP contribution in [0, 0.1) is 11.8 Å². The summed E-state index contributed by atoms with van der Waals surface area (Å²) in [5, 5.41) is 3.12. The Morgan fingerprint density at radius 1 is 1.60 bits per heavy atom. The molecule has 1 unspecified atom stereocenters. The Hall–Kier alpha value is -0.770. The van der Waals surface area contributed by atoms with E-state index >= 15 is 0 Å². The van der Waals surface area contributed by atoms with Crippen molar-refractivity contribution in [3.63, 3.8) is 0 Å². The Balaban J connectivity index is 2.36. The summed E-state index contributed by atoms with van der Waals surface area (Å²) in [6.45, 7) is 7.44. The van der Waals surface area contributed by atoms with Crippen molar-refractivity contribution < 1.29 is 9.53 Å². The van der Waals surface area contributed by atoms with Crippen LogP contribution in [-0.4, -0.2) is 44.3 Å². The van der Waals surface area contributed by atoms with Gasteiger partial charge in [-0.15, -0.1) is 0 Å². The van der Waals surface area contributed by atoms with Crippen molar-refractivity contribution >= 4 is 6.09 Å². The molecule has 0 aromatic rings. The molecule has 4 heteroatoms. The standard InChI is InChI=1S/C11H22N2O2/c1-9(2)4-5-13-7-10(6-12-3)8-15-11(13)14/h9-10,12H,4-8H2,1-3H3. The molecule has 1 saturated heterocycles. The predicted octanol–water partition coefficient (Wildman–Crippen LogP) is 1.32. The van der Waals surface area contributed by atoms with Crippen molar-refractivity contribution in [2.45, 2.75) is 20.3 Å². The van der Waals surface area contributed by atoms with Gasteiger partial charge in [0.2, 0.25) is 0 Å². The van der Waals surface area contributed by atoms with Gasteiger partial charge in [0, 0.05) is 25.6 Å². The predicted molar refractivity (Wildman–Crippen MR) is 59.8 cm³/mol. The maximum Gasteiger partial charge on any atom is 0.409 e. The largest absolute Gasteiger partial charge is 0.449 e. The molecule has 0 radical (unpaired) electrons. The van der Waals surface area contributed by atoms with Crippen LogP contribution < -0.4 is 5.32 Å². The van der Waals surface area contributed by atoms with Crippen molar-refractivity contribution in [1.29, 1.82) is 0 Å². The molecule has 1 heterocycles. The van der Waals surface area contributed by atoms with E-state index in [1.807, 2.05) is 11.9 Å². The van der Waals surface area contributed by atoms with Crippen LogP contribution in [0.1, 0.15) is 20.3 Å². The Labute approximate surface area is 92.0 Å². The molecule has 15 heavy (non-hydrogen) atoms. The Morgan fingerprint density at radius 2 is 2.33 bits per heavy atom. The minimum absolute atomic E-state index is 0.150. The van der Waals surface area contributed by atoms with E-state index in [0.29, 0.717) is 18.4 Å².